The molecule has 0 saturated carbocycles. The molecule has 0 fully saturated rings. The highest BCUT2D eigenvalue weighted by Crippen LogP contribution is 2.32. The van der Waals surface area contributed by atoms with Crippen LogP contribution in [0.3, 0.4) is 0 Å². The lowest BCUT2D eigenvalue weighted by Gasteiger charge is -2.08. The maximum Gasteiger partial charge on any atom is 0.455 e. The molecule has 156 valence electrons. The fourth-order valence-corrected chi connectivity index (χ4v) is 4.30. The second kappa shape index (κ2) is 8.44. The maximum atomic E-state index is 13.3. The monoisotopic (exact) mass is 458 g/mol. The minimum Gasteiger partial charge on any atom is -0.288 e. The number of aromatic nitrogens is 2. The highest BCUT2D eigenvalue weighted by molar-refractivity contribution is 7.13. The van der Waals surface area contributed by atoms with Gasteiger partial charge in [-0.1, -0.05) is 30.3 Å². The van der Waals surface area contributed by atoms with Gasteiger partial charge in [-0.2, -0.15) is 18.3 Å². The Morgan fingerprint density at radius 1 is 0.935 bits per heavy atom. The summed E-state index contributed by atoms with van der Waals surface area (Å²) >= 11 is 2.32. The molecule has 0 saturated heterocycles. The number of halogens is 3. The Morgan fingerprint density at radius 3 is 2.26 bits per heavy atom. The van der Waals surface area contributed by atoms with Crippen LogP contribution >= 0.6 is 22.7 Å². The number of allylic oxidation sites excluding steroid dienone is 1. The van der Waals surface area contributed by atoms with Crippen molar-refractivity contribution in [1.29, 1.82) is 0 Å². The van der Waals surface area contributed by atoms with Crippen LogP contribution in [-0.2, 0) is 4.79 Å². The molecule has 0 N–H and O–H groups in total. The zero-order valence-electron chi connectivity index (χ0n) is 15.7. The second-order valence-corrected chi connectivity index (χ2v) is 8.28. The van der Waals surface area contributed by atoms with E-state index in [0.717, 1.165) is 17.4 Å². The van der Waals surface area contributed by atoms with Crippen LogP contribution in [0.25, 0.3) is 22.3 Å². The average molecular weight is 458 g/mol. The minimum absolute atomic E-state index is 0.0528. The molecule has 0 radical (unpaired) electrons. The van der Waals surface area contributed by atoms with Crippen molar-refractivity contribution >= 4 is 40.3 Å². The van der Waals surface area contributed by atoms with Crippen LogP contribution in [0.2, 0.25) is 0 Å². The quantitative estimate of drug-likeness (QED) is 0.153. The van der Waals surface area contributed by atoms with Crippen LogP contribution in [0.1, 0.15) is 15.2 Å². The molecular weight excluding hydrogens is 445 g/mol. The van der Waals surface area contributed by atoms with E-state index < -0.39 is 23.3 Å². The molecule has 3 aromatic heterocycles. The van der Waals surface area contributed by atoms with Crippen molar-refractivity contribution in [3.8, 4) is 16.3 Å². The van der Waals surface area contributed by atoms with Gasteiger partial charge in [0.25, 0.3) is 5.78 Å². The Balaban J connectivity index is 1.89. The standard InChI is InChI=1S/C22H13F3N2O2S2/c23-22(24,25)21(29)16(20(28)18-9-5-11-31-18)12-14-13-27(15-6-2-1-3-7-15)26-19(14)17-8-4-10-30-17/h1-13H. The maximum absolute atomic E-state index is 13.3. The first-order chi connectivity index (χ1) is 14.8. The molecule has 3 heterocycles. The molecule has 4 aromatic rings. The minimum atomic E-state index is -5.18. The van der Waals surface area contributed by atoms with Gasteiger partial charge in [-0.15, -0.1) is 22.7 Å². The van der Waals surface area contributed by atoms with Crippen LogP contribution in [0.4, 0.5) is 13.2 Å². The summed E-state index contributed by atoms with van der Waals surface area (Å²) in [5, 5.41) is 7.87. The molecule has 31 heavy (non-hydrogen) atoms. The molecule has 0 aliphatic rings. The molecule has 9 heteroatoms. The van der Waals surface area contributed by atoms with Crippen molar-refractivity contribution in [2.75, 3.05) is 0 Å². The Kier molecular flexibility index (Phi) is 5.71. The molecule has 0 aliphatic heterocycles. The first-order valence-electron chi connectivity index (χ1n) is 8.95. The van der Waals surface area contributed by atoms with Gasteiger partial charge in [0.05, 0.1) is 21.0 Å². The number of para-hydroxylation sites is 1. The van der Waals surface area contributed by atoms with E-state index in [0.29, 0.717) is 16.3 Å². The number of rotatable bonds is 6. The predicted octanol–water partition coefficient (Wildman–Crippen LogP) is 6.06. The van der Waals surface area contributed by atoms with Crippen LogP contribution in [0.5, 0.6) is 0 Å². The van der Waals surface area contributed by atoms with E-state index in [1.807, 2.05) is 11.4 Å². The van der Waals surface area contributed by atoms with Crippen molar-refractivity contribution in [2.45, 2.75) is 6.18 Å². The van der Waals surface area contributed by atoms with E-state index >= 15 is 0 Å². The zero-order chi connectivity index (χ0) is 22.0. The summed E-state index contributed by atoms with van der Waals surface area (Å²) in [6.45, 7) is 0. The van der Waals surface area contributed by atoms with E-state index in [1.54, 1.807) is 41.8 Å². The average Bonchev–Trinajstić information content (AvgIpc) is 3.52. The van der Waals surface area contributed by atoms with Gasteiger partial charge >= 0.3 is 6.18 Å². The Hall–Kier alpha value is -3.30. The highest BCUT2D eigenvalue weighted by Gasteiger charge is 2.43. The molecular formula is C22H13F3N2O2S2. The van der Waals surface area contributed by atoms with Gasteiger partial charge in [0, 0.05) is 11.8 Å². The lowest BCUT2D eigenvalue weighted by atomic mass is 10.0. The van der Waals surface area contributed by atoms with Gasteiger partial charge in [-0.05, 0) is 41.1 Å². The molecule has 0 amide bonds. The first-order valence-corrected chi connectivity index (χ1v) is 10.7. The second-order valence-electron chi connectivity index (χ2n) is 6.38. The number of ketones is 2. The van der Waals surface area contributed by atoms with Crippen molar-refractivity contribution in [1.82, 2.24) is 9.78 Å². The highest BCUT2D eigenvalue weighted by atomic mass is 32.1. The van der Waals surface area contributed by atoms with Gasteiger partial charge in [0.2, 0.25) is 5.78 Å². The third-order valence-corrected chi connectivity index (χ3v) is 6.05. The fraction of sp³-hybridized carbons (Fsp3) is 0.0455. The number of benzene rings is 1. The van der Waals surface area contributed by atoms with Crippen molar-refractivity contribution in [2.24, 2.45) is 0 Å². The van der Waals surface area contributed by atoms with Crippen molar-refractivity contribution in [3.05, 3.63) is 87.6 Å². The van der Waals surface area contributed by atoms with Gasteiger partial charge in [0.15, 0.2) is 0 Å². The predicted molar refractivity (Wildman–Crippen MR) is 115 cm³/mol. The number of hydrogen-bond acceptors (Lipinski definition) is 5. The van der Waals surface area contributed by atoms with E-state index in [2.05, 4.69) is 5.10 Å². The normalized spacial score (nSPS) is 12.2. The first kappa shape index (κ1) is 21.0. The van der Waals surface area contributed by atoms with Crippen molar-refractivity contribution in [3.63, 3.8) is 0 Å². The summed E-state index contributed by atoms with van der Waals surface area (Å²) in [6.07, 6.45) is -2.69. The molecule has 0 unspecified atom stereocenters. The molecule has 4 nitrogen and oxygen atoms in total. The van der Waals surface area contributed by atoms with E-state index in [-0.39, 0.29) is 10.4 Å². The summed E-state index contributed by atoms with van der Waals surface area (Å²) in [7, 11) is 0. The van der Waals surface area contributed by atoms with Crippen LogP contribution in [0, 0.1) is 0 Å². The number of carbonyl (C=O) groups excluding carboxylic acids is 2. The van der Waals surface area contributed by atoms with E-state index in [4.69, 9.17) is 0 Å². The molecule has 0 atom stereocenters. The molecule has 4 rings (SSSR count). The van der Waals surface area contributed by atoms with E-state index in [9.17, 15) is 22.8 Å². The molecule has 1 aromatic carbocycles. The van der Waals surface area contributed by atoms with Gasteiger partial charge in [-0.3, -0.25) is 9.59 Å². The Bertz CT molecular complexity index is 1240. The van der Waals surface area contributed by atoms with Crippen LogP contribution < -0.4 is 0 Å². The van der Waals surface area contributed by atoms with Gasteiger partial charge < -0.3 is 0 Å². The van der Waals surface area contributed by atoms with Gasteiger partial charge in [-0.25, -0.2) is 4.68 Å². The van der Waals surface area contributed by atoms with E-state index in [1.165, 1.54) is 34.3 Å². The smallest absolute Gasteiger partial charge is 0.288 e. The third kappa shape index (κ3) is 4.42. The van der Waals surface area contributed by atoms with Crippen LogP contribution in [0.15, 0.2) is 77.1 Å². The van der Waals surface area contributed by atoms with Gasteiger partial charge in [0.1, 0.15) is 5.69 Å². The summed E-state index contributed by atoms with van der Waals surface area (Å²) < 4.78 is 41.4. The summed E-state index contributed by atoms with van der Waals surface area (Å²) in [4.78, 5) is 25.7. The summed E-state index contributed by atoms with van der Waals surface area (Å²) in [5.41, 5.74) is 0.364. The Labute approximate surface area is 182 Å². The van der Waals surface area contributed by atoms with Crippen molar-refractivity contribution < 1.29 is 22.8 Å². The zero-order valence-corrected chi connectivity index (χ0v) is 17.3. The number of thiophene rings is 2. The molecule has 0 bridgehead atoms. The number of carbonyl (C=O) groups is 2. The number of hydrogen-bond donors (Lipinski definition) is 0. The number of nitrogens with zero attached hydrogens (tertiary/aromatic N) is 2. The Morgan fingerprint density at radius 2 is 1.65 bits per heavy atom. The topological polar surface area (TPSA) is 52.0 Å². The SMILES string of the molecule is O=C(C(=Cc1cn(-c2ccccc2)nc1-c1cccs1)C(=O)C(F)(F)F)c1cccs1. The largest absolute Gasteiger partial charge is 0.455 e. The number of Topliss-reactive ketones (excluding diaryl/α,β-unsaturated/α-hetero) is 2. The lowest BCUT2D eigenvalue weighted by Crippen LogP contribution is -2.28. The lowest BCUT2D eigenvalue weighted by molar-refractivity contribution is -0.166. The fourth-order valence-electron chi connectivity index (χ4n) is 2.89. The third-order valence-electron chi connectivity index (χ3n) is 4.31. The number of alkyl halides is 3. The molecule has 0 aliphatic carbocycles. The summed E-state index contributed by atoms with van der Waals surface area (Å²) in [6, 6.07) is 15.5. The summed E-state index contributed by atoms with van der Waals surface area (Å²) in [5.74, 6) is -3.16. The van der Waals surface area contributed by atoms with Crippen LogP contribution in [-0.4, -0.2) is 27.5 Å². The molecule has 0 spiro atoms.